The van der Waals surface area contributed by atoms with Crippen LogP contribution in [0.2, 0.25) is 10.0 Å². The summed E-state index contributed by atoms with van der Waals surface area (Å²) in [5.74, 6) is 0. The molecule has 2 aromatic rings. The lowest BCUT2D eigenvalue weighted by atomic mass is 10.2. The van der Waals surface area contributed by atoms with E-state index in [4.69, 9.17) is 23.2 Å². The first kappa shape index (κ1) is 15.5. The summed E-state index contributed by atoms with van der Waals surface area (Å²) in [6.07, 6.45) is 0. The molecule has 2 aromatic carbocycles. The van der Waals surface area contributed by atoms with Gasteiger partial charge in [0.25, 0.3) is 0 Å². The molecular formula is C13H7Br2Cl2N3S. The van der Waals surface area contributed by atoms with Gasteiger partial charge in [0, 0.05) is 15.5 Å². The highest BCUT2D eigenvalue weighted by molar-refractivity contribution is 9.13. The third kappa shape index (κ3) is 3.19. The first-order valence-corrected chi connectivity index (χ1v) is 8.91. The SMILES string of the molecule is Clc1cc(Cl)c(NCc2ccc(Br)c(Br)c2)c2c1N=S=N2. The van der Waals surface area contributed by atoms with E-state index in [2.05, 4.69) is 45.9 Å². The summed E-state index contributed by atoms with van der Waals surface area (Å²) in [5.41, 5.74) is 3.25. The second-order valence-corrected chi connectivity index (χ2v) is 7.33. The number of anilines is 1. The number of fused-ring (bicyclic) bond motifs is 1. The zero-order valence-corrected chi connectivity index (χ0v) is 15.8. The van der Waals surface area contributed by atoms with Crippen LogP contribution in [0.25, 0.3) is 0 Å². The minimum Gasteiger partial charge on any atom is -0.378 e. The molecule has 3 rings (SSSR count). The normalized spacial score (nSPS) is 12.2. The lowest BCUT2D eigenvalue weighted by molar-refractivity contribution is 1.14. The van der Waals surface area contributed by atoms with Crippen LogP contribution in [0.15, 0.2) is 41.9 Å². The summed E-state index contributed by atoms with van der Waals surface area (Å²) in [6, 6.07) is 7.75. The Labute approximate surface area is 152 Å². The van der Waals surface area contributed by atoms with Gasteiger partial charge in [-0.2, -0.15) is 8.73 Å². The van der Waals surface area contributed by atoms with Crippen LogP contribution >= 0.6 is 55.1 Å². The van der Waals surface area contributed by atoms with Crippen LogP contribution < -0.4 is 5.32 Å². The molecular weight excluding hydrogens is 461 g/mol. The van der Waals surface area contributed by atoms with Gasteiger partial charge >= 0.3 is 0 Å². The van der Waals surface area contributed by atoms with Crippen molar-refractivity contribution >= 4 is 83.5 Å². The number of hydrogen-bond acceptors (Lipinski definition) is 3. The molecule has 8 heteroatoms. The molecule has 1 N–H and O–H groups in total. The number of rotatable bonds is 3. The molecule has 1 heterocycles. The molecule has 1 aliphatic rings. The average molecular weight is 468 g/mol. The predicted octanol–water partition coefficient (Wildman–Crippen LogP) is 6.86. The molecule has 3 nitrogen and oxygen atoms in total. The number of halogens is 4. The van der Waals surface area contributed by atoms with Crippen molar-refractivity contribution in [2.24, 2.45) is 8.73 Å². The van der Waals surface area contributed by atoms with Crippen molar-refractivity contribution in [1.82, 2.24) is 0 Å². The van der Waals surface area contributed by atoms with Gasteiger partial charge in [-0.25, -0.2) is 0 Å². The molecule has 0 aliphatic carbocycles. The maximum atomic E-state index is 6.26. The molecule has 108 valence electrons. The third-order valence-electron chi connectivity index (χ3n) is 2.90. The Hall–Kier alpha value is -0.400. The molecule has 0 fully saturated rings. The van der Waals surface area contributed by atoms with Gasteiger partial charge < -0.3 is 5.32 Å². The monoisotopic (exact) mass is 465 g/mol. The van der Waals surface area contributed by atoms with E-state index in [9.17, 15) is 0 Å². The van der Waals surface area contributed by atoms with Crippen molar-refractivity contribution in [2.75, 3.05) is 5.32 Å². The van der Waals surface area contributed by atoms with Crippen LogP contribution in [0.4, 0.5) is 17.1 Å². The van der Waals surface area contributed by atoms with Crippen molar-refractivity contribution in [3.05, 3.63) is 48.8 Å². The maximum Gasteiger partial charge on any atom is 0.130 e. The van der Waals surface area contributed by atoms with Crippen LogP contribution in [0, 0.1) is 0 Å². The van der Waals surface area contributed by atoms with E-state index in [0.717, 1.165) is 31.6 Å². The smallest absolute Gasteiger partial charge is 0.130 e. The molecule has 0 bridgehead atoms. The van der Waals surface area contributed by atoms with Crippen molar-refractivity contribution in [1.29, 1.82) is 0 Å². The van der Waals surface area contributed by atoms with E-state index in [1.54, 1.807) is 6.07 Å². The molecule has 0 unspecified atom stereocenters. The van der Waals surface area contributed by atoms with Gasteiger partial charge in [-0.3, -0.25) is 0 Å². The van der Waals surface area contributed by atoms with Crippen LogP contribution in [-0.2, 0) is 17.9 Å². The molecule has 0 saturated carbocycles. The summed E-state index contributed by atoms with van der Waals surface area (Å²) < 4.78 is 10.5. The lowest BCUT2D eigenvalue weighted by Crippen LogP contribution is -2.00. The van der Waals surface area contributed by atoms with Crippen LogP contribution in [0.5, 0.6) is 0 Å². The van der Waals surface area contributed by atoms with Crippen molar-refractivity contribution in [2.45, 2.75) is 6.54 Å². The van der Waals surface area contributed by atoms with Gasteiger partial charge in [0.15, 0.2) is 0 Å². The average Bonchev–Trinajstić information content (AvgIpc) is 2.92. The molecule has 21 heavy (non-hydrogen) atoms. The minimum absolute atomic E-state index is 0.515. The first-order valence-electron chi connectivity index (χ1n) is 5.84. The van der Waals surface area contributed by atoms with Gasteiger partial charge in [-0.05, 0) is 55.6 Å². The van der Waals surface area contributed by atoms with Crippen molar-refractivity contribution in [3.63, 3.8) is 0 Å². The highest BCUT2D eigenvalue weighted by atomic mass is 79.9. The van der Waals surface area contributed by atoms with E-state index in [1.807, 2.05) is 18.2 Å². The van der Waals surface area contributed by atoms with E-state index in [0.29, 0.717) is 28.0 Å². The van der Waals surface area contributed by atoms with Gasteiger partial charge in [0.05, 0.1) is 27.1 Å². The fraction of sp³-hybridized carbons (Fsp3) is 0.0769. The Bertz CT molecular complexity index is 804. The highest BCUT2D eigenvalue weighted by Crippen LogP contribution is 2.47. The molecule has 0 aromatic heterocycles. The first-order chi connectivity index (χ1) is 10.1. The lowest BCUT2D eigenvalue weighted by Gasteiger charge is -2.12. The second-order valence-electron chi connectivity index (χ2n) is 4.28. The van der Waals surface area contributed by atoms with E-state index in [-0.39, 0.29) is 0 Å². The topological polar surface area (TPSA) is 36.8 Å². The van der Waals surface area contributed by atoms with E-state index in [1.165, 1.54) is 0 Å². The zero-order chi connectivity index (χ0) is 15.0. The van der Waals surface area contributed by atoms with Crippen molar-refractivity contribution in [3.8, 4) is 0 Å². The number of benzene rings is 2. The Kier molecular flexibility index (Phi) is 4.71. The summed E-state index contributed by atoms with van der Waals surface area (Å²) >= 11 is 20.4. The second kappa shape index (κ2) is 6.38. The molecule has 0 amide bonds. The third-order valence-corrected chi connectivity index (χ3v) is 5.89. The predicted molar refractivity (Wildman–Crippen MR) is 97.2 cm³/mol. The fourth-order valence-corrected chi connectivity index (χ4v) is 3.73. The molecule has 0 saturated heterocycles. The van der Waals surface area contributed by atoms with Crippen LogP contribution in [0.1, 0.15) is 5.56 Å². The van der Waals surface area contributed by atoms with E-state index < -0.39 is 0 Å². The molecule has 0 radical (unpaired) electrons. The van der Waals surface area contributed by atoms with Gasteiger partial charge in [-0.15, -0.1) is 0 Å². The fourth-order valence-electron chi connectivity index (χ4n) is 1.88. The summed E-state index contributed by atoms with van der Waals surface area (Å²) in [4.78, 5) is 0. The molecule has 0 atom stereocenters. The molecule has 1 aliphatic heterocycles. The Morgan fingerprint density at radius 2 is 1.76 bits per heavy atom. The highest BCUT2D eigenvalue weighted by Gasteiger charge is 2.18. The van der Waals surface area contributed by atoms with Gasteiger partial charge in [0.1, 0.15) is 11.4 Å². The Morgan fingerprint density at radius 1 is 1.00 bits per heavy atom. The van der Waals surface area contributed by atoms with Gasteiger partial charge in [-0.1, -0.05) is 29.3 Å². The Balaban J connectivity index is 1.88. The van der Waals surface area contributed by atoms with Crippen molar-refractivity contribution < 1.29 is 0 Å². The van der Waals surface area contributed by atoms with Crippen LogP contribution in [0.3, 0.4) is 0 Å². The summed E-state index contributed by atoms with van der Waals surface area (Å²) in [6.45, 7) is 0.625. The van der Waals surface area contributed by atoms with E-state index >= 15 is 0 Å². The number of hydrogen-bond donors (Lipinski definition) is 1. The quantitative estimate of drug-likeness (QED) is 0.449. The standard InChI is InChI=1S/C13H7Br2Cl2N3S/c14-7-2-1-6(3-8(7)15)5-18-11-9(16)4-10(17)12-13(11)20-21-19-12/h1-4,18H,5H2. The molecule has 0 spiro atoms. The maximum absolute atomic E-state index is 6.26. The number of nitrogens with zero attached hydrogens (tertiary/aromatic N) is 2. The zero-order valence-electron chi connectivity index (χ0n) is 10.3. The van der Waals surface area contributed by atoms with Crippen LogP contribution in [-0.4, -0.2) is 0 Å². The largest absolute Gasteiger partial charge is 0.378 e. The number of nitrogens with one attached hydrogen (secondary N) is 1. The summed E-state index contributed by atoms with van der Waals surface area (Å²) in [7, 11) is 0. The Morgan fingerprint density at radius 3 is 2.52 bits per heavy atom. The van der Waals surface area contributed by atoms with Gasteiger partial charge in [0.2, 0.25) is 0 Å². The minimum atomic E-state index is 0.515. The summed E-state index contributed by atoms with van der Waals surface area (Å²) in [5, 5.41) is 4.36.